The van der Waals surface area contributed by atoms with Gasteiger partial charge in [0.2, 0.25) is 0 Å². The number of nitrogens with two attached hydrogens (primary N) is 1. The van der Waals surface area contributed by atoms with Crippen molar-refractivity contribution >= 4 is 21.6 Å². The first-order valence-corrected chi connectivity index (χ1v) is 4.90. The van der Waals surface area contributed by atoms with Gasteiger partial charge < -0.3 is 5.73 Å². The molecular formula is C9H9BrN4. The van der Waals surface area contributed by atoms with Gasteiger partial charge in [0.15, 0.2) is 5.82 Å². The van der Waals surface area contributed by atoms with Crippen molar-refractivity contribution < 1.29 is 0 Å². The molecule has 5 heteroatoms. The lowest BCUT2D eigenvalue weighted by atomic mass is 10.4. The molecule has 72 valence electrons. The Bertz CT molecular complexity index is 446. The smallest absolute Gasteiger partial charge is 0.153 e. The van der Waals surface area contributed by atoms with Crippen LogP contribution in [0.3, 0.4) is 0 Å². The summed E-state index contributed by atoms with van der Waals surface area (Å²) in [6, 6.07) is 3.79. The molecule has 0 aliphatic rings. The summed E-state index contributed by atoms with van der Waals surface area (Å²) in [6.07, 6.45) is 3.35. The number of nitrogen functional groups attached to an aromatic ring is 1. The first kappa shape index (κ1) is 9.21. The number of halogens is 1. The molecule has 0 spiro atoms. The zero-order valence-corrected chi connectivity index (χ0v) is 9.19. The maximum Gasteiger partial charge on any atom is 0.153 e. The van der Waals surface area contributed by atoms with Crippen LogP contribution in [0.5, 0.6) is 0 Å². The van der Waals surface area contributed by atoms with Gasteiger partial charge in [-0.25, -0.2) is 9.67 Å². The van der Waals surface area contributed by atoms with Crippen LogP contribution in [0.25, 0.3) is 5.82 Å². The predicted octanol–water partition coefficient (Wildman–Crippen LogP) is 1.92. The second kappa shape index (κ2) is 3.42. The van der Waals surface area contributed by atoms with Crippen molar-refractivity contribution in [3.63, 3.8) is 0 Å². The lowest BCUT2D eigenvalue weighted by Gasteiger charge is -2.02. The minimum atomic E-state index is 0.676. The molecule has 0 aromatic carbocycles. The summed E-state index contributed by atoms with van der Waals surface area (Å²) in [4.78, 5) is 4.22. The van der Waals surface area contributed by atoms with Crippen LogP contribution in [-0.4, -0.2) is 14.8 Å². The van der Waals surface area contributed by atoms with E-state index in [1.807, 2.05) is 19.1 Å². The highest BCUT2D eigenvalue weighted by molar-refractivity contribution is 9.10. The van der Waals surface area contributed by atoms with Gasteiger partial charge in [-0.3, -0.25) is 0 Å². The second-order valence-corrected chi connectivity index (χ2v) is 3.85. The first-order chi connectivity index (χ1) is 6.68. The van der Waals surface area contributed by atoms with E-state index in [0.717, 1.165) is 16.0 Å². The molecule has 0 saturated carbocycles. The molecule has 0 aliphatic carbocycles. The van der Waals surface area contributed by atoms with Crippen molar-refractivity contribution in [2.75, 3.05) is 5.73 Å². The fourth-order valence-electron chi connectivity index (χ4n) is 1.15. The quantitative estimate of drug-likeness (QED) is 0.844. The normalized spacial score (nSPS) is 10.4. The van der Waals surface area contributed by atoms with Crippen LogP contribution in [0.4, 0.5) is 5.69 Å². The molecule has 2 N–H and O–H groups in total. The van der Waals surface area contributed by atoms with E-state index in [0.29, 0.717) is 5.69 Å². The van der Waals surface area contributed by atoms with Gasteiger partial charge >= 0.3 is 0 Å². The van der Waals surface area contributed by atoms with Crippen molar-refractivity contribution in [3.05, 3.63) is 34.7 Å². The van der Waals surface area contributed by atoms with Crippen LogP contribution in [0, 0.1) is 6.92 Å². The van der Waals surface area contributed by atoms with Crippen LogP contribution in [0.1, 0.15) is 5.69 Å². The summed E-state index contributed by atoms with van der Waals surface area (Å²) in [6.45, 7) is 1.91. The van der Waals surface area contributed by atoms with E-state index in [4.69, 9.17) is 5.73 Å². The van der Waals surface area contributed by atoms with Gasteiger partial charge in [0.1, 0.15) is 0 Å². The van der Waals surface area contributed by atoms with Crippen molar-refractivity contribution in [1.82, 2.24) is 14.8 Å². The Labute approximate surface area is 89.9 Å². The van der Waals surface area contributed by atoms with E-state index in [-0.39, 0.29) is 0 Å². The molecular weight excluding hydrogens is 244 g/mol. The molecule has 0 unspecified atom stereocenters. The van der Waals surface area contributed by atoms with Gasteiger partial charge in [0, 0.05) is 10.7 Å². The molecule has 2 aromatic heterocycles. The Balaban J connectivity index is 2.49. The number of nitrogens with zero attached hydrogens (tertiary/aromatic N) is 3. The Morgan fingerprint density at radius 2 is 2.14 bits per heavy atom. The van der Waals surface area contributed by atoms with Gasteiger partial charge in [0.25, 0.3) is 0 Å². The van der Waals surface area contributed by atoms with E-state index in [2.05, 4.69) is 26.0 Å². The molecule has 0 atom stereocenters. The third-order valence-corrected chi connectivity index (χ3v) is 2.45. The highest BCUT2D eigenvalue weighted by atomic mass is 79.9. The highest BCUT2D eigenvalue weighted by Gasteiger charge is 2.05. The fraction of sp³-hybridized carbons (Fsp3) is 0.111. The molecule has 14 heavy (non-hydrogen) atoms. The Morgan fingerprint density at radius 1 is 1.36 bits per heavy atom. The average molecular weight is 253 g/mol. The van der Waals surface area contributed by atoms with Crippen LogP contribution >= 0.6 is 15.9 Å². The predicted molar refractivity (Wildman–Crippen MR) is 58.2 cm³/mol. The average Bonchev–Trinajstić information content (AvgIpc) is 2.50. The Hall–Kier alpha value is -1.36. The maximum atomic E-state index is 5.69. The number of hydrogen-bond donors (Lipinski definition) is 1. The van der Waals surface area contributed by atoms with E-state index < -0.39 is 0 Å². The fourth-order valence-corrected chi connectivity index (χ4v) is 1.38. The van der Waals surface area contributed by atoms with Gasteiger partial charge in [0.05, 0.1) is 17.6 Å². The Kier molecular flexibility index (Phi) is 2.25. The van der Waals surface area contributed by atoms with Gasteiger partial charge in [-0.15, -0.1) is 0 Å². The summed E-state index contributed by atoms with van der Waals surface area (Å²) in [7, 11) is 0. The SMILES string of the molecule is Cc1c(N)cnn1-c1ccc(Br)cn1. The van der Waals surface area contributed by atoms with E-state index in [9.17, 15) is 0 Å². The number of anilines is 1. The summed E-state index contributed by atoms with van der Waals surface area (Å²) in [5.41, 5.74) is 7.27. The minimum absolute atomic E-state index is 0.676. The van der Waals surface area contributed by atoms with Gasteiger partial charge in [-0.05, 0) is 35.0 Å². The summed E-state index contributed by atoms with van der Waals surface area (Å²) >= 11 is 3.32. The monoisotopic (exact) mass is 252 g/mol. The number of aromatic nitrogens is 3. The largest absolute Gasteiger partial charge is 0.396 e. The van der Waals surface area contributed by atoms with Gasteiger partial charge in [-0.2, -0.15) is 5.10 Å². The molecule has 0 amide bonds. The molecule has 4 nitrogen and oxygen atoms in total. The second-order valence-electron chi connectivity index (χ2n) is 2.93. The van der Waals surface area contributed by atoms with Crippen molar-refractivity contribution in [2.24, 2.45) is 0 Å². The van der Waals surface area contributed by atoms with Crippen LogP contribution in [0.15, 0.2) is 29.0 Å². The van der Waals surface area contributed by atoms with Crippen molar-refractivity contribution in [1.29, 1.82) is 0 Å². The lowest BCUT2D eigenvalue weighted by molar-refractivity contribution is 0.817. The van der Waals surface area contributed by atoms with Crippen LogP contribution < -0.4 is 5.73 Å². The molecule has 0 bridgehead atoms. The first-order valence-electron chi connectivity index (χ1n) is 4.10. The van der Waals surface area contributed by atoms with Crippen molar-refractivity contribution in [3.8, 4) is 5.82 Å². The topological polar surface area (TPSA) is 56.7 Å². The molecule has 2 heterocycles. The minimum Gasteiger partial charge on any atom is -0.396 e. The standard InChI is InChI=1S/C9H9BrN4/c1-6-8(11)5-13-14(6)9-3-2-7(10)4-12-9/h2-5H,11H2,1H3. The van der Waals surface area contributed by atoms with E-state index in [1.54, 1.807) is 17.1 Å². The molecule has 2 aromatic rings. The summed E-state index contributed by atoms with van der Waals surface area (Å²) < 4.78 is 2.65. The molecule has 0 radical (unpaired) electrons. The third-order valence-electron chi connectivity index (χ3n) is 1.98. The molecule has 0 saturated heterocycles. The van der Waals surface area contributed by atoms with Crippen molar-refractivity contribution in [2.45, 2.75) is 6.92 Å². The third kappa shape index (κ3) is 1.50. The molecule has 0 fully saturated rings. The summed E-state index contributed by atoms with van der Waals surface area (Å²) in [5, 5.41) is 4.13. The molecule has 2 rings (SSSR count). The van der Waals surface area contributed by atoms with Crippen LogP contribution in [0.2, 0.25) is 0 Å². The highest BCUT2D eigenvalue weighted by Crippen LogP contribution is 2.15. The zero-order valence-electron chi connectivity index (χ0n) is 7.61. The number of rotatable bonds is 1. The van der Waals surface area contributed by atoms with Gasteiger partial charge in [-0.1, -0.05) is 0 Å². The Morgan fingerprint density at radius 3 is 2.64 bits per heavy atom. The molecule has 0 aliphatic heterocycles. The lowest BCUT2D eigenvalue weighted by Crippen LogP contribution is -2.01. The maximum absolute atomic E-state index is 5.69. The summed E-state index contributed by atoms with van der Waals surface area (Å²) in [5.74, 6) is 0.766. The zero-order chi connectivity index (χ0) is 10.1. The number of pyridine rings is 1. The van der Waals surface area contributed by atoms with Crippen LogP contribution in [-0.2, 0) is 0 Å². The van der Waals surface area contributed by atoms with E-state index in [1.165, 1.54) is 0 Å². The number of hydrogen-bond acceptors (Lipinski definition) is 3. The van der Waals surface area contributed by atoms with E-state index >= 15 is 0 Å².